The molecule has 0 saturated carbocycles. The number of aromatic nitrogens is 2. The zero-order valence-corrected chi connectivity index (χ0v) is 12.0. The summed E-state index contributed by atoms with van der Waals surface area (Å²) in [5.41, 5.74) is 2.21. The SMILES string of the molecule is CCCNc1ncc(C)c(Nc2ccc(C)c(F)c2)n1. The van der Waals surface area contributed by atoms with E-state index in [0.717, 1.165) is 18.5 Å². The topological polar surface area (TPSA) is 49.8 Å². The van der Waals surface area contributed by atoms with Gasteiger partial charge in [-0.2, -0.15) is 4.98 Å². The molecule has 0 saturated heterocycles. The molecule has 0 unspecified atom stereocenters. The van der Waals surface area contributed by atoms with Crippen LogP contribution in [0.15, 0.2) is 24.4 Å². The van der Waals surface area contributed by atoms with Crippen LogP contribution in [0.4, 0.5) is 21.8 Å². The molecule has 0 fully saturated rings. The largest absolute Gasteiger partial charge is 0.354 e. The number of nitrogens with one attached hydrogen (secondary N) is 2. The van der Waals surface area contributed by atoms with E-state index in [4.69, 9.17) is 0 Å². The van der Waals surface area contributed by atoms with Crippen LogP contribution in [0.1, 0.15) is 24.5 Å². The molecule has 0 atom stereocenters. The average molecular weight is 274 g/mol. The minimum atomic E-state index is -0.231. The predicted molar refractivity (Wildman–Crippen MR) is 80.0 cm³/mol. The lowest BCUT2D eigenvalue weighted by Gasteiger charge is -2.11. The highest BCUT2D eigenvalue weighted by molar-refractivity contribution is 5.60. The first-order valence-electron chi connectivity index (χ1n) is 6.71. The highest BCUT2D eigenvalue weighted by Crippen LogP contribution is 2.21. The third-order valence-electron chi connectivity index (χ3n) is 2.94. The highest BCUT2D eigenvalue weighted by atomic mass is 19.1. The molecule has 1 aromatic carbocycles. The van der Waals surface area contributed by atoms with E-state index < -0.39 is 0 Å². The molecule has 0 radical (unpaired) electrons. The zero-order valence-electron chi connectivity index (χ0n) is 12.0. The molecule has 0 aliphatic rings. The molecule has 1 heterocycles. The maximum Gasteiger partial charge on any atom is 0.224 e. The summed E-state index contributed by atoms with van der Waals surface area (Å²) in [4.78, 5) is 8.61. The number of hydrogen-bond acceptors (Lipinski definition) is 4. The Labute approximate surface area is 118 Å². The van der Waals surface area contributed by atoms with Crippen LogP contribution in [-0.4, -0.2) is 16.5 Å². The first kappa shape index (κ1) is 14.2. The second-order valence-corrected chi connectivity index (χ2v) is 4.74. The van der Waals surface area contributed by atoms with Gasteiger partial charge in [-0.05, 0) is 38.0 Å². The Balaban J connectivity index is 2.20. The van der Waals surface area contributed by atoms with Crippen LogP contribution in [0.25, 0.3) is 0 Å². The molecule has 2 rings (SSSR count). The minimum absolute atomic E-state index is 0.231. The molecule has 1 aromatic heterocycles. The van der Waals surface area contributed by atoms with Crippen molar-refractivity contribution in [1.29, 1.82) is 0 Å². The van der Waals surface area contributed by atoms with Crippen molar-refractivity contribution in [1.82, 2.24) is 9.97 Å². The van der Waals surface area contributed by atoms with Gasteiger partial charge in [-0.1, -0.05) is 13.0 Å². The maximum atomic E-state index is 13.5. The van der Waals surface area contributed by atoms with Gasteiger partial charge in [0.2, 0.25) is 5.95 Å². The average Bonchev–Trinajstić information content (AvgIpc) is 2.44. The summed E-state index contributed by atoms with van der Waals surface area (Å²) in [5.74, 6) is 1.03. The second-order valence-electron chi connectivity index (χ2n) is 4.74. The van der Waals surface area contributed by atoms with Gasteiger partial charge >= 0.3 is 0 Å². The van der Waals surface area contributed by atoms with Gasteiger partial charge in [-0.3, -0.25) is 0 Å². The molecule has 0 aliphatic carbocycles. The summed E-state index contributed by atoms with van der Waals surface area (Å²) < 4.78 is 13.5. The van der Waals surface area contributed by atoms with Gasteiger partial charge in [0.1, 0.15) is 11.6 Å². The normalized spacial score (nSPS) is 10.4. The van der Waals surface area contributed by atoms with E-state index in [2.05, 4.69) is 27.5 Å². The van der Waals surface area contributed by atoms with E-state index in [1.165, 1.54) is 6.07 Å². The van der Waals surface area contributed by atoms with Crippen LogP contribution in [0, 0.1) is 19.7 Å². The minimum Gasteiger partial charge on any atom is -0.354 e. The van der Waals surface area contributed by atoms with Crippen molar-refractivity contribution in [3.05, 3.63) is 41.3 Å². The van der Waals surface area contributed by atoms with Gasteiger partial charge in [-0.15, -0.1) is 0 Å². The van der Waals surface area contributed by atoms with Crippen molar-refractivity contribution in [2.45, 2.75) is 27.2 Å². The van der Waals surface area contributed by atoms with Gasteiger partial charge in [0, 0.05) is 24.0 Å². The van der Waals surface area contributed by atoms with Gasteiger partial charge < -0.3 is 10.6 Å². The van der Waals surface area contributed by atoms with E-state index in [0.29, 0.717) is 23.0 Å². The molecular weight excluding hydrogens is 255 g/mol. The lowest BCUT2D eigenvalue weighted by molar-refractivity contribution is 0.619. The van der Waals surface area contributed by atoms with Crippen LogP contribution in [-0.2, 0) is 0 Å². The van der Waals surface area contributed by atoms with E-state index in [1.54, 1.807) is 19.2 Å². The molecule has 0 aliphatic heterocycles. The Kier molecular flexibility index (Phi) is 4.50. The summed E-state index contributed by atoms with van der Waals surface area (Å²) >= 11 is 0. The first-order chi connectivity index (χ1) is 9.60. The summed E-state index contributed by atoms with van der Waals surface area (Å²) in [6.45, 7) is 6.55. The van der Waals surface area contributed by atoms with Crippen molar-refractivity contribution >= 4 is 17.5 Å². The number of halogens is 1. The van der Waals surface area contributed by atoms with Gasteiger partial charge in [0.05, 0.1) is 0 Å². The second kappa shape index (κ2) is 6.32. The quantitative estimate of drug-likeness (QED) is 0.870. The van der Waals surface area contributed by atoms with Crippen LogP contribution >= 0.6 is 0 Å². The summed E-state index contributed by atoms with van der Waals surface area (Å²) in [6, 6.07) is 5.04. The molecule has 5 heteroatoms. The molecule has 106 valence electrons. The van der Waals surface area contributed by atoms with Crippen LogP contribution < -0.4 is 10.6 Å². The number of nitrogens with zero attached hydrogens (tertiary/aromatic N) is 2. The summed E-state index contributed by atoms with van der Waals surface area (Å²) in [6.07, 6.45) is 2.75. The van der Waals surface area contributed by atoms with E-state index >= 15 is 0 Å². The number of benzene rings is 1. The number of rotatable bonds is 5. The third kappa shape index (κ3) is 3.44. The fourth-order valence-corrected chi connectivity index (χ4v) is 1.70. The Morgan fingerprint density at radius 3 is 2.70 bits per heavy atom. The zero-order chi connectivity index (χ0) is 14.5. The number of aryl methyl sites for hydroxylation is 2. The maximum absolute atomic E-state index is 13.5. The predicted octanol–water partition coefficient (Wildman–Crippen LogP) is 3.80. The molecule has 0 amide bonds. The van der Waals surface area contributed by atoms with Crippen LogP contribution in [0.3, 0.4) is 0 Å². The summed E-state index contributed by atoms with van der Waals surface area (Å²) in [5, 5.41) is 6.26. The smallest absolute Gasteiger partial charge is 0.224 e. The Morgan fingerprint density at radius 2 is 2.00 bits per heavy atom. The summed E-state index contributed by atoms with van der Waals surface area (Å²) in [7, 11) is 0. The van der Waals surface area contributed by atoms with E-state index in [9.17, 15) is 4.39 Å². The van der Waals surface area contributed by atoms with Crippen molar-refractivity contribution in [3.8, 4) is 0 Å². The first-order valence-corrected chi connectivity index (χ1v) is 6.71. The van der Waals surface area contributed by atoms with E-state index in [1.807, 2.05) is 13.0 Å². The van der Waals surface area contributed by atoms with Crippen molar-refractivity contribution in [3.63, 3.8) is 0 Å². The standard InChI is InChI=1S/C15H19FN4/c1-4-7-17-15-18-9-11(3)14(20-15)19-12-6-5-10(2)13(16)8-12/h5-6,8-9H,4,7H2,1-3H3,(H2,17,18,19,20). The van der Waals surface area contributed by atoms with Crippen LogP contribution in [0.2, 0.25) is 0 Å². The van der Waals surface area contributed by atoms with E-state index in [-0.39, 0.29) is 5.82 Å². The molecule has 0 spiro atoms. The van der Waals surface area contributed by atoms with Crippen LogP contribution in [0.5, 0.6) is 0 Å². The van der Waals surface area contributed by atoms with Crippen molar-refractivity contribution < 1.29 is 4.39 Å². The molecule has 2 aromatic rings. The Hall–Kier alpha value is -2.17. The number of anilines is 3. The molecule has 4 nitrogen and oxygen atoms in total. The monoisotopic (exact) mass is 274 g/mol. The lowest BCUT2D eigenvalue weighted by Crippen LogP contribution is -2.07. The molecular formula is C15H19FN4. The third-order valence-corrected chi connectivity index (χ3v) is 2.94. The van der Waals surface area contributed by atoms with Crippen molar-refractivity contribution in [2.24, 2.45) is 0 Å². The highest BCUT2D eigenvalue weighted by Gasteiger charge is 2.05. The lowest BCUT2D eigenvalue weighted by atomic mass is 10.2. The number of hydrogen-bond donors (Lipinski definition) is 2. The molecule has 2 N–H and O–H groups in total. The molecule has 0 bridgehead atoms. The fourth-order valence-electron chi connectivity index (χ4n) is 1.70. The Bertz CT molecular complexity index is 598. The Morgan fingerprint density at radius 1 is 1.20 bits per heavy atom. The van der Waals surface area contributed by atoms with Gasteiger partial charge in [-0.25, -0.2) is 9.37 Å². The van der Waals surface area contributed by atoms with Gasteiger partial charge in [0.25, 0.3) is 0 Å². The van der Waals surface area contributed by atoms with Gasteiger partial charge in [0.15, 0.2) is 0 Å². The van der Waals surface area contributed by atoms with Crippen molar-refractivity contribution in [2.75, 3.05) is 17.2 Å². The fraction of sp³-hybridized carbons (Fsp3) is 0.333. The molecule has 20 heavy (non-hydrogen) atoms.